The van der Waals surface area contributed by atoms with Crippen LogP contribution in [0.15, 0.2) is 29.6 Å². The molecule has 3 heterocycles. The van der Waals surface area contributed by atoms with Gasteiger partial charge in [0.15, 0.2) is 0 Å². The Hall–Kier alpha value is -1.16. The Morgan fingerprint density at radius 1 is 0.800 bits per heavy atom. The lowest BCUT2D eigenvalue weighted by molar-refractivity contribution is 1.33. The van der Waals surface area contributed by atoms with E-state index in [-0.39, 0.29) is 0 Å². The van der Waals surface area contributed by atoms with Gasteiger partial charge in [0.2, 0.25) is 0 Å². The van der Waals surface area contributed by atoms with E-state index in [9.17, 15) is 0 Å². The molecule has 0 nitrogen and oxygen atoms in total. The minimum Gasteiger partial charge on any atom is -0.141 e. The summed E-state index contributed by atoms with van der Waals surface area (Å²) in [6, 6.07) is 9.19. The van der Waals surface area contributed by atoms with Gasteiger partial charge < -0.3 is 0 Å². The number of fused-ring (bicyclic) bond motifs is 3. The quantitative estimate of drug-likeness (QED) is 0.363. The second-order valence-electron chi connectivity index (χ2n) is 5.29. The Kier molecular flexibility index (Phi) is 2.78. The third kappa shape index (κ3) is 1.77. The fraction of sp³-hybridized carbons (Fsp3) is 0.176. The highest BCUT2D eigenvalue weighted by molar-refractivity contribution is 7.38. The van der Waals surface area contributed by atoms with Crippen LogP contribution in [0, 0.1) is 20.8 Å². The standard InChI is InChI=1S/C17H14S3/c1-9-6-10(2)15(11(3)7-9)13-8-14-17(20-13)16-12(19-14)4-5-18-16/h4-8H,1-3H3. The molecule has 0 aliphatic carbocycles. The van der Waals surface area contributed by atoms with Crippen molar-refractivity contribution in [3.05, 3.63) is 46.3 Å². The molecule has 0 aliphatic heterocycles. The molecule has 0 radical (unpaired) electrons. The van der Waals surface area contributed by atoms with Crippen LogP contribution in [-0.2, 0) is 0 Å². The van der Waals surface area contributed by atoms with Gasteiger partial charge in [-0.1, -0.05) is 17.7 Å². The number of rotatable bonds is 1. The van der Waals surface area contributed by atoms with Crippen molar-refractivity contribution < 1.29 is 0 Å². The second kappa shape index (κ2) is 4.42. The van der Waals surface area contributed by atoms with Crippen LogP contribution in [0.3, 0.4) is 0 Å². The van der Waals surface area contributed by atoms with E-state index >= 15 is 0 Å². The third-order valence-corrected chi connectivity index (χ3v) is 7.27. The number of hydrogen-bond donors (Lipinski definition) is 0. The molecule has 4 aromatic rings. The molecule has 3 aromatic heterocycles. The summed E-state index contributed by atoms with van der Waals surface area (Å²) in [4.78, 5) is 1.41. The molecule has 100 valence electrons. The number of hydrogen-bond acceptors (Lipinski definition) is 3. The number of benzene rings is 1. The highest BCUT2D eigenvalue weighted by Gasteiger charge is 2.14. The zero-order chi connectivity index (χ0) is 13.9. The maximum absolute atomic E-state index is 2.38. The predicted molar refractivity (Wildman–Crippen MR) is 94.7 cm³/mol. The van der Waals surface area contributed by atoms with Crippen LogP contribution in [0.1, 0.15) is 16.7 Å². The molecule has 0 aliphatic rings. The van der Waals surface area contributed by atoms with E-state index in [1.165, 1.54) is 45.9 Å². The maximum atomic E-state index is 2.38. The minimum absolute atomic E-state index is 1.35. The normalized spacial score (nSPS) is 11.8. The van der Waals surface area contributed by atoms with Gasteiger partial charge in [0.05, 0.1) is 9.40 Å². The van der Waals surface area contributed by atoms with Gasteiger partial charge >= 0.3 is 0 Å². The predicted octanol–water partition coefficient (Wildman–Crippen LogP) is 6.77. The SMILES string of the molecule is Cc1cc(C)c(-c2cc3sc4ccsc4c3s2)c(C)c1. The highest BCUT2D eigenvalue weighted by atomic mass is 32.1. The van der Waals surface area contributed by atoms with Crippen molar-refractivity contribution in [3.63, 3.8) is 0 Å². The van der Waals surface area contributed by atoms with E-state index < -0.39 is 0 Å². The smallest absolute Gasteiger partial charge is 0.0635 e. The summed E-state index contributed by atoms with van der Waals surface area (Å²) in [7, 11) is 0. The first-order valence-corrected chi connectivity index (χ1v) is 9.12. The number of aryl methyl sites for hydroxylation is 3. The summed E-state index contributed by atoms with van der Waals surface area (Å²) < 4.78 is 5.80. The highest BCUT2D eigenvalue weighted by Crippen LogP contribution is 2.46. The molecular weight excluding hydrogens is 300 g/mol. The van der Waals surface area contributed by atoms with Crippen molar-refractivity contribution in [3.8, 4) is 10.4 Å². The van der Waals surface area contributed by atoms with Gasteiger partial charge in [-0.3, -0.25) is 0 Å². The maximum Gasteiger partial charge on any atom is 0.0635 e. The second-order valence-corrected chi connectivity index (χ2v) is 8.35. The molecule has 0 spiro atoms. The molecule has 0 fully saturated rings. The zero-order valence-corrected chi connectivity index (χ0v) is 14.1. The molecule has 4 rings (SSSR count). The summed E-state index contributed by atoms with van der Waals surface area (Å²) in [6.45, 7) is 6.62. The summed E-state index contributed by atoms with van der Waals surface area (Å²) in [5.74, 6) is 0. The van der Waals surface area contributed by atoms with Gasteiger partial charge in [-0.2, -0.15) is 0 Å². The molecule has 0 amide bonds. The Balaban J connectivity index is 2.00. The van der Waals surface area contributed by atoms with Crippen LogP contribution in [0.2, 0.25) is 0 Å². The van der Waals surface area contributed by atoms with Crippen molar-refractivity contribution in [2.45, 2.75) is 20.8 Å². The number of thiophene rings is 3. The van der Waals surface area contributed by atoms with Crippen LogP contribution < -0.4 is 0 Å². The molecule has 0 atom stereocenters. The Morgan fingerprint density at radius 3 is 2.30 bits per heavy atom. The minimum atomic E-state index is 1.35. The first kappa shape index (κ1) is 12.6. The van der Waals surface area contributed by atoms with Gasteiger partial charge in [-0.25, -0.2) is 0 Å². The van der Waals surface area contributed by atoms with Crippen LogP contribution in [0.5, 0.6) is 0 Å². The Morgan fingerprint density at radius 2 is 1.55 bits per heavy atom. The first-order valence-electron chi connectivity index (χ1n) is 6.61. The zero-order valence-electron chi connectivity index (χ0n) is 11.6. The summed E-state index contributed by atoms with van der Waals surface area (Å²) in [5, 5.41) is 2.20. The Labute approximate surface area is 130 Å². The van der Waals surface area contributed by atoms with Crippen molar-refractivity contribution in [1.82, 2.24) is 0 Å². The fourth-order valence-corrected chi connectivity index (χ4v) is 6.90. The van der Waals surface area contributed by atoms with Crippen molar-refractivity contribution in [2.24, 2.45) is 0 Å². The van der Waals surface area contributed by atoms with E-state index in [4.69, 9.17) is 0 Å². The topological polar surface area (TPSA) is 0 Å². The van der Waals surface area contributed by atoms with E-state index in [0.29, 0.717) is 0 Å². The molecule has 0 N–H and O–H groups in total. The van der Waals surface area contributed by atoms with Crippen LogP contribution in [-0.4, -0.2) is 0 Å². The molecule has 20 heavy (non-hydrogen) atoms. The molecule has 0 bridgehead atoms. The van der Waals surface area contributed by atoms with E-state index in [1.54, 1.807) is 0 Å². The molecule has 0 saturated heterocycles. The molecule has 1 aromatic carbocycles. The monoisotopic (exact) mass is 314 g/mol. The lowest BCUT2D eigenvalue weighted by atomic mass is 9.99. The lowest BCUT2D eigenvalue weighted by Crippen LogP contribution is -1.87. The average molecular weight is 315 g/mol. The van der Waals surface area contributed by atoms with Crippen LogP contribution in [0.4, 0.5) is 0 Å². The molecule has 3 heteroatoms. The van der Waals surface area contributed by atoms with Crippen molar-refractivity contribution in [1.29, 1.82) is 0 Å². The van der Waals surface area contributed by atoms with Gasteiger partial charge in [-0.05, 0) is 55.0 Å². The third-order valence-electron chi connectivity index (χ3n) is 3.68. The Bertz CT molecular complexity index is 911. The first-order chi connectivity index (χ1) is 9.63. The summed E-state index contributed by atoms with van der Waals surface area (Å²) in [5.41, 5.74) is 5.55. The van der Waals surface area contributed by atoms with E-state index in [1.807, 2.05) is 34.0 Å². The van der Waals surface area contributed by atoms with Crippen LogP contribution >= 0.6 is 34.0 Å². The van der Waals surface area contributed by atoms with Crippen molar-refractivity contribution in [2.75, 3.05) is 0 Å². The molecule has 0 unspecified atom stereocenters. The average Bonchev–Trinajstić information content (AvgIpc) is 2.98. The van der Waals surface area contributed by atoms with Gasteiger partial charge in [0, 0.05) is 14.3 Å². The van der Waals surface area contributed by atoms with Crippen molar-refractivity contribution >= 4 is 52.8 Å². The van der Waals surface area contributed by atoms with Crippen LogP contribution in [0.25, 0.3) is 29.2 Å². The fourth-order valence-electron chi connectivity index (χ4n) is 2.96. The van der Waals surface area contributed by atoms with E-state index in [2.05, 4.69) is 50.4 Å². The molecular formula is C17H14S3. The molecule has 0 saturated carbocycles. The van der Waals surface area contributed by atoms with Gasteiger partial charge in [-0.15, -0.1) is 34.0 Å². The van der Waals surface area contributed by atoms with Gasteiger partial charge in [0.1, 0.15) is 0 Å². The largest absolute Gasteiger partial charge is 0.141 e. The van der Waals surface area contributed by atoms with E-state index in [0.717, 1.165) is 0 Å². The lowest BCUT2D eigenvalue weighted by Gasteiger charge is -2.09. The summed E-state index contributed by atoms with van der Waals surface area (Å²) >= 11 is 5.73. The van der Waals surface area contributed by atoms with Gasteiger partial charge in [0.25, 0.3) is 0 Å². The summed E-state index contributed by atoms with van der Waals surface area (Å²) in [6.07, 6.45) is 0.